The SMILES string of the molecule is CCNC(=O)CSCC(=O)Nc1ccccc1. The number of carbonyl (C=O) groups is 2. The Labute approximate surface area is 105 Å². The van der Waals surface area contributed by atoms with E-state index in [0.717, 1.165) is 5.69 Å². The summed E-state index contributed by atoms with van der Waals surface area (Å²) < 4.78 is 0. The predicted octanol–water partition coefficient (Wildman–Crippen LogP) is 1.49. The first kappa shape index (κ1) is 13.6. The molecule has 92 valence electrons. The van der Waals surface area contributed by atoms with Gasteiger partial charge in [-0.3, -0.25) is 9.59 Å². The Bertz CT molecular complexity index is 368. The van der Waals surface area contributed by atoms with E-state index in [0.29, 0.717) is 12.3 Å². The van der Waals surface area contributed by atoms with E-state index in [4.69, 9.17) is 0 Å². The van der Waals surface area contributed by atoms with Crippen LogP contribution in [-0.4, -0.2) is 29.9 Å². The number of anilines is 1. The first-order chi connectivity index (χ1) is 8.22. The van der Waals surface area contributed by atoms with Crippen LogP contribution in [0.3, 0.4) is 0 Å². The number of para-hydroxylation sites is 1. The van der Waals surface area contributed by atoms with E-state index >= 15 is 0 Å². The lowest BCUT2D eigenvalue weighted by Gasteiger charge is -2.04. The van der Waals surface area contributed by atoms with Gasteiger partial charge in [-0.1, -0.05) is 18.2 Å². The lowest BCUT2D eigenvalue weighted by atomic mass is 10.3. The molecule has 0 bridgehead atoms. The summed E-state index contributed by atoms with van der Waals surface area (Å²) in [5.74, 6) is 0.470. The van der Waals surface area contributed by atoms with Gasteiger partial charge in [0.25, 0.3) is 0 Å². The van der Waals surface area contributed by atoms with E-state index in [1.165, 1.54) is 11.8 Å². The fraction of sp³-hybridized carbons (Fsp3) is 0.333. The molecule has 0 saturated heterocycles. The zero-order chi connectivity index (χ0) is 12.5. The Morgan fingerprint density at radius 2 is 1.76 bits per heavy atom. The molecule has 0 aliphatic carbocycles. The van der Waals surface area contributed by atoms with Crippen molar-refractivity contribution in [2.75, 3.05) is 23.4 Å². The smallest absolute Gasteiger partial charge is 0.234 e. The molecule has 0 spiro atoms. The summed E-state index contributed by atoms with van der Waals surface area (Å²) in [6, 6.07) is 9.26. The highest BCUT2D eigenvalue weighted by Crippen LogP contribution is 2.06. The van der Waals surface area contributed by atoms with E-state index in [1.807, 2.05) is 37.3 Å². The van der Waals surface area contributed by atoms with Crippen molar-refractivity contribution in [1.82, 2.24) is 5.32 Å². The number of amides is 2. The number of benzene rings is 1. The molecule has 0 saturated carbocycles. The molecule has 0 aliphatic rings. The van der Waals surface area contributed by atoms with Crippen molar-refractivity contribution in [3.63, 3.8) is 0 Å². The second kappa shape index (κ2) is 7.73. The molecule has 5 heteroatoms. The van der Waals surface area contributed by atoms with Crippen LogP contribution in [0.25, 0.3) is 0 Å². The molecule has 0 radical (unpaired) electrons. The number of hydrogen-bond donors (Lipinski definition) is 2. The minimum Gasteiger partial charge on any atom is -0.356 e. The van der Waals surface area contributed by atoms with Crippen LogP contribution in [0.1, 0.15) is 6.92 Å². The topological polar surface area (TPSA) is 58.2 Å². The quantitative estimate of drug-likeness (QED) is 0.806. The number of carbonyl (C=O) groups excluding carboxylic acids is 2. The molecule has 2 amide bonds. The van der Waals surface area contributed by atoms with Crippen LogP contribution < -0.4 is 10.6 Å². The van der Waals surface area contributed by atoms with E-state index in [1.54, 1.807) is 0 Å². The van der Waals surface area contributed by atoms with Gasteiger partial charge in [-0.2, -0.15) is 0 Å². The third-order valence-corrected chi connectivity index (χ3v) is 2.83. The number of hydrogen-bond acceptors (Lipinski definition) is 3. The Hall–Kier alpha value is -1.49. The number of rotatable bonds is 6. The molecule has 0 atom stereocenters. The van der Waals surface area contributed by atoms with Crippen LogP contribution in [0.5, 0.6) is 0 Å². The first-order valence-electron chi connectivity index (χ1n) is 5.41. The van der Waals surface area contributed by atoms with Crippen LogP contribution in [0, 0.1) is 0 Å². The van der Waals surface area contributed by atoms with Gasteiger partial charge in [0, 0.05) is 12.2 Å². The Kier molecular flexibility index (Phi) is 6.17. The van der Waals surface area contributed by atoms with Gasteiger partial charge < -0.3 is 10.6 Å². The van der Waals surface area contributed by atoms with Crippen LogP contribution in [0.15, 0.2) is 30.3 Å². The molecule has 0 fully saturated rings. The van der Waals surface area contributed by atoms with Crippen molar-refractivity contribution in [3.8, 4) is 0 Å². The second-order valence-electron chi connectivity index (χ2n) is 3.36. The minimum absolute atomic E-state index is 0.0370. The van der Waals surface area contributed by atoms with Crippen LogP contribution in [0.4, 0.5) is 5.69 Å². The average molecular weight is 252 g/mol. The second-order valence-corrected chi connectivity index (χ2v) is 4.35. The van der Waals surface area contributed by atoms with E-state index < -0.39 is 0 Å². The van der Waals surface area contributed by atoms with Gasteiger partial charge in [0.2, 0.25) is 11.8 Å². The summed E-state index contributed by atoms with van der Waals surface area (Å²) in [4.78, 5) is 22.6. The highest BCUT2D eigenvalue weighted by molar-refractivity contribution is 8.00. The summed E-state index contributed by atoms with van der Waals surface area (Å²) in [6.45, 7) is 2.49. The molecule has 17 heavy (non-hydrogen) atoms. The summed E-state index contributed by atoms with van der Waals surface area (Å²) in [7, 11) is 0. The molecule has 1 aromatic rings. The third kappa shape index (κ3) is 5.97. The van der Waals surface area contributed by atoms with Gasteiger partial charge in [0.05, 0.1) is 11.5 Å². The normalized spacial score (nSPS) is 9.71. The maximum Gasteiger partial charge on any atom is 0.234 e. The zero-order valence-corrected chi connectivity index (χ0v) is 10.5. The Morgan fingerprint density at radius 3 is 2.41 bits per heavy atom. The van der Waals surface area contributed by atoms with Crippen molar-refractivity contribution < 1.29 is 9.59 Å². The molecule has 1 aromatic carbocycles. The Balaban J connectivity index is 2.20. The van der Waals surface area contributed by atoms with Gasteiger partial charge >= 0.3 is 0 Å². The molecular weight excluding hydrogens is 236 g/mol. The average Bonchev–Trinajstić information content (AvgIpc) is 2.30. The molecule has 0 heterocycles. The summed E-state index contributed by atoms with van der Waals surface area (Å²) >= 11 is 1.30. The van der Waals surface area contributed by atoms with Crippen molar-refractivity contribution >= 4 is 29.3 Å². The standard InChI is InChI=1S/C12H16N2O2S/c1-2-13-11(15)8-17-9-12(16)14-10-6-4-3-5-7-10/h3-7H,2,8-9H2,1H3,(H,13,15)(H,14,16). The molecule has 1 rings (SSSR count). The lowest BCUT2D eigenvalue weighted by molar-refractivity contribution is -0.118. The largest absolute Gasteiger partial charge is 0.356 e. The summed E-state index contributed by atoms with van der Waals surface area (Å²) in [5.41, 5.74) is 0.774. The van der Waals surface area contributed by atoms with E-state index in [-0.39, 0.29) is 17.6 Å². The molecular formula is C12H16N2O2S. The number of nitrogens with one attached hydrogen (secondary N) is 2. The van der Waals surface area contributed by atoms with Gasteiger partial charge in [-0.25, -0.2) is 0 Å². The van der Waals surface area contributed by atoms with Gasteiger partial charge in [-0.15, -0.1) is 11.8 Å². The highest BCUT2D eigenvalue weighted by Gasteiger charge is 2.04. The van der Waals surface area contributed by atoms with Crippen LogP contribution in [0.2, 0.25) is 0 Å². The first-order valence-corrected chi connectivity index (χ1v) is 6.57. The van der Waals surface area contributed by atoms with Gasteiger partial charge in [0.1, 0.15) is 0 Å². The molecule has 0 aliphatic heterocycles. The van der Waals surface area contributed by atoms with Gasteiger partial charge in [-0.05, 0) is 19.1 Å². The molecule has 4 nitrogen and oxygen atoms in total. The molecule has 0 unspecified atom stereocenters. The number of thioether (sulfide) groups is 1. The van der Waals surface area contributed by atoms with Crippen molar-refractivity contribution in [3.05, 3.63) is 30.3 Å². The zero-order valence-electron chi connectivity index (χ0n) is 9.73. The van der Waals surface area contributed by atoms with Gasteiger partial charge in [0.15, 0.2) is 0 Å². The third-order valence-electron chi connectivity index (χ3n) is 1.90. The predicted molar refractivity (Wildman–Crippen MR) is 71.1 cm³/mol. The lowest BCUT2D eigenvalue weighted by Crippen LogP contribution is -2.25. The van der Waals surface area contributed by atoms with Crippen molar-refractivity contribution in [2.24, 2.45) is 0 Å². The minimum atomic E-state index is -0.0921. The molecule has 2 N–H and O–H groups in total. The fourth-order valence-corrected chi connectivity index (χ4v) is 1.85. The van der Waals surface area contributed by atoms with Crippen LogP contribution >= 0.6 is 11.8 Å². The Morgan fingerprint density at radius 1 is 1.12 bits per heavy atom. The summed E-state index contributed by atoms with van der Waals surface area (Å²) in [6.07, 6.45) is 0. The van der Waals surface area contributed by atoms with Crippen LogP contribution in [-0.2, 0) is 9.59 Å². The fourth-order valence-electron chi connectivity index (χ4n) is 1.20. The van der Waals surface area contributed by atoms with E-state index in [9.17, 15) is 9.59 Å². The maximum atomic E-state index is 11.5. The van der Waals surface area contributed by atoms with Crippen molar-refractivity contribution in [1.29, 1.82) is 0 Å². The highest BCUT2D eigenvalue weighted by atomic mass is 32.2. The van der Waals surface area contributed by atoms with E-state index in [2.05, 4.69) is 10.6 Å². The summed E-state index contributed by atoms with van der Waals surface area (Å²) in [5, 5.41) is 5.43. The molecule has 0 aromatic heterocycles. The maximum absolute atomic E-state index is 11.5. The monoisotopic (exact) mass is 252 g/mol. The van der Waals surface area contributed by atoms with Crippen molar-refractivity contribution in [2.45, 2.75) is 6.92 Å².